The van der Waals surface area contributed by atoms with Crippen molar-refractivity contribution in [3.8, 4) is 11.5 Å². The van der Waals surface area contributed by atoms with Gasteiger partial charge >= 0.3 is 5.97 Å². The van der Waals surface area contributed by atoms with E-state index in [-0.39, 0.29) is 17.4 Å². The van der Waals surface area contributed by atoms with Crippen molar-refractivity contribution in [1.82, 2.24) is 0 Å². The first-order valence-electron chi connectivity index (χ1n) is 8.20. The summed E-state index contributed by atoms with van der Waals surface area (Å²) in [6.07, 6.45) is 1.56. The predicted octanol–water partition coefficient (Wildman–Crippen LogP) is 4.13. The lowest BCUT2D eigenvalue weighted by molar-refractivity contribution is -0.129. The molecule has 0 radical (unpaired) electrons. The summed E-state index contributed by atoms with van der Waals surface area (Å²) in [6.45, 7) is 5.98. The summed E-state index contributed by atoms with van der Waals surface area (Å²) in [6, 6.07) is 10.9. The fourth-order valence-electron chi connectivity index (χ4n) is 2.43. The number of methoxy groups -OCH3 is 1. The maximum atomic E-state index is 13.1. The summed E-state index contributed by atoms with van der Waals surface area (Å²) < 4.78 is 29.4. The molecule has 1 aliphatic rings. The van der Waals surface area contributed by atoms with Crippen LogP contribution >= 0.6 is 0 Å². The number of esters is 1. The number of cyclic esters (lactones) is 1. The van der Waals surface area contributed by atoms with E-state index in [1.807, 2.05) is 6.92 Å². The second-order valence-electron chi connectivity index (χ2n) is 5.97. The molecule has 2 aromatic rings. The average molecular weight is 367 g/mol. The van der Waals surface area contributed by atoms with Gasteiger partial charge in [-0.25, -0.2) is 14.2 Å². The SMILES string of the molecule is C=C(C)COc1c(/C=C2\N=C(c3ccc(F)cc3)OC2=O)cccc1OC. The molecule has 0 atom stereocenters. The lowest BCUT2D eigenvalue weighted by atomic mass is 10.1. The monoisotopic (exact) mass is 367 g/mol. The smallest absolute Gasteiger partial charge is 0.363 e. The molecule has 138 valence electrons. The Morgan fingerprint density at radius 2 is 2.00 bits per heavy atom. The molecule has 0 saturated heterocycles. The molecule has 3 rings (SSSR count). The number of ether oxygens (including phenoxy) is 3. The number of aliphatic imine (C=N–C) groups is 1. The zero-order valence-corrected chi connectivity index (χ0v) is 15.0. The van der Waals surface area contributed by atoms with E-state index in [0.717, 1.165) is 5.57 Å². The van der Waals surface area contributed by atoms with E-state index in [4.69, 9.17) is 14.2 Å². The molecule has 6 heteroatoms. The van der Waals surface area contributed by atoms with Gasteiger partial charge in [0, 0.05) is 11.1 Å². The lowest BCUT2D eigenvalue weighted by Gasteiger charge is -2.13. The van der Waals surface area contributed by atoms with Crippen LogP contribution in [0.2, 0.25) is 0 Å². The van der Waals surface area contributed by atoms with Gasteiger partial charge in [-0.15, -0.1) is 0 Å². The fraction of sp³-hybridized carbons (Fsp3) is 0.143. The van der Waals surface area contributed by atoms with E-state index in [1.54, 1.807) is 24.3 Å². The fourth-order valence-corrected chi connectivity index (χ4v) is 2.43. The van der Waals surface area contributed by atoms with Crippen LogP contribution in [0.5, 0.6) is 11.5 Å². The first kappa shape index (κ1) is 18.4. The van der Waals surface area contributed by atoms with E-state index in [1.165, 1.54) is 31.4 Å². The predicted molar refractivity (Wildman–Crippen MR) is 100 cm³/mol. The molecule has 0 aromatic heterocycles. The molecule has 0 saturated carbocycles. The van der Waals surface area contributed by atoms with Crippen LogP contribution in [0.3, 0.4) is 0 Å². The molecule has 0 aliphatic carbocycles. The minimum absolute atomic E-state index is 0.114. The van der Waals surface area contributed by atoms with E-state index in [0.29, 0.717) is 29.2 Å². The number of carbonyl (C=O) groups is 1. The number of carbonyl (C=O) groups excluding carboxylic acids is 1. The van der Waals surface area contributed by atoms with Crippen LogP contribution in [-0.4, -0.2) is 25.6 Å². The molecule has 0 bridgehead atoms. The van der Waals surface area contributed by atoms with Crippen molar-refractivity contribution < 1.29 is 23.4 Å². The Balaban J connectivity index is 1.97. The molecule has 2 aromatic carbocycles. The lowest BCUT2D eigenvalue weighted by Crippen LogP contribution is -2.05. The second kappa shape index (κ2) is 7.86. The maximum Gasteiger partial charge on any atom is 0.363 e. The van der Waals surface area contributed by atoms with Gasteiger partial charge in [0.2, 0.25) is 5.90 Å². The van der Waals surface area contributed by atoms with Crippen LogP contribution in [0.1, 0.15) is 18.1 Å². The van der Waals surface area contributed by atoms with Crippen molar-refractivity contribution in [1.29, 1.82) is 0 Å². The highest BCUT2D eigenvalue weighted by Crippen LogP contribution is 2.33. The number of benzene rings is 2. The number of rotatable bonds is 6. The Labute approximate surface area is 156 Å². The summed E-state index contributed by atoms with van der Waals surface area (Å²) >= 11 is 0. The zero-order chi connectivity index (χ0) is 19.4. The molecule has 0 unspecified atom stereocenters. The largest absolute Gasteiger partial charge is 0.493 e. The van der Waals surface area contributed by atoms with Gasteiger partial charge in [-0.05, 0) is 48.9 Å². The van der Waals surface area contributed by atoms with Crippen LogP contribution in [0.15, 0.2) is 65.3 Å². The van der Waals surface area contributed by atoms with E-state index >= 15 is 0 Å². The molecule has 0 fully saturated rings. The molecule has 0 N–H and O–H groups in total. The summed E-state index contributed by atoms with van der Waals surface area (Å²) in [5.41, 5.74) is 2.09. The number of nitrogens with zero attached hydrogens (tertiary/aromatic N) is 1. The molecular formula is C21H18FNO4. The Morgan fingerprint density at radius 1 is 1.26 bits per heavy atom. The van der Waals surface area contributed by atoms with Crippen molar-refractivity contribution in [2.24, 2.45) is 4.99 Å². The van der Waals surface area contributed by atoms with E-state index < -0.39 is 5.97 Å². The van der Waals surface area contributed by atoms with Gasteiger partial charge in [0.1, 0.15) is 12.4 Å². The Hall–Kier alpha value is -3.41. The number of halogens is 1. The van der Waals surface area contributed by atoms with Gasteiger partial charge in [-0.1, -0.05) is 18.7 Å². The highest BCUT2D eigenvalue weighted by Gasteiger charge is 2.25. The first-order chi connectivity index (χ1) is 13.0. The molecule has 0 amide bonds. The first-order valence-corrected chi connectivity index (χ1v) is 8.20. The molecule has 27 heavy (non-hydrogen) atoms. The molecule has 1 heterocycles. The van der Waals surface area contributed by atoms with Crippen LogP contribution in [0.4, 0.5) is 4.39 Å². The second-order valence-corrected chi connectivity index (χ2v) is 5.97. The van der Waals surface area contributed by atoms with Crippen molar-refractivity contribution in [3.05, 3.63) is 77.3 Å². The third kappa shape index (κ3) is 4.23. The Kier molecular flexibility index (Phi) is 5.35. The minimum Gasteiger partial charge on any atom is -0.493 e. The summed E-state index contributed by atoms with van der Waals surface area (Å²) in [4.78, 5) is 16.4. The van der Waals surface area contributed by atoms with Crippen molar-refractivity contribution in [3.63, 3.8) is 0 Å². The van der Waals surface area contributed by atoms with Crippen molar-refractivity contribution in [2.75, 3.05) is 13.7 Å². The zero-order valence-electron chi connectivity index (χ0n) is 15.0. The van der Waals surface area contributed by atoms with Gasteiger partial charge in [0.15, 0.2) is 17.2 Å². The Bertz CT molecular complexity index is 945. The Morgan fingerprint density at radius 3 is 2.67 bits per heavy atom. The molecule has 5 nitrogen and oxygen atoms in total. The number of hydrogen-bond acceptors (Lipinski definition) is 5. The van der Waals surface area contributed by atoms with E-state index in [2.05, 4.69) is 11.6 Å². The van der Waals surface area contributed by atoms with Crippen LogP contribution in [0.25, 0.3) is 6.08 Å². The molecule has 0 spiro atoms. The van der Waals surface area contributed by atoms with Gasteiger partial charge in [0.05, 0.1) is 7.11 Å². The maximum absolute atomic E-state index is 13.1. The van der Waals surface area contributed by atoms with Gasteiger partial charge in [-0.3, -0.25) is 0 Å². The number of para-hydroxylation sites is 1. The third-order valence-electron chi connectivity index (χ3n) is 3.70. The van der Waals surface area contributed by atoms with Crippen LogP contribution < -0.4 is 9.47 Å². The van der Waals surface area contributed by atoms with Crippen LogP contribution in [0, 0.1) is 5.82 Å². The third-order valence-corrected chi connectivity index (χ3v) is 3.70. The molecule has 1 aliphatic heterocycles. The quantitative estimate of drug-likeness (QED) is 0.438. The normalized spacial score (nSPS) is 14.7. The van der Waals surface area contributed by atoms with Crippen molar-refractivity contribution >= 4 is 17.9 Å². The van der Waals surface area contributed by atoms with E-state index in [9.17, 15) is 9.18 Å². The van der Waals surface area contributed by atoms with Gasteiger partial charge in [-0.2, -0.15) is 0 Å². The summed E-state index contributed by atoms with van der Waals surface area (Å²) in [5.74, 6) is 0.158. The minimum atomic E-state index is -0.594. The summed E-state index contributed by atoms with van der Waals surface area (Å²) in [5, 5.41) is 0. The summed E-state index contributed by atoms with van der Waals surface area (Å²) in [7, 11) is 1.54. The highest BCUT2D eigenvalue weighted by atomic mass is 19.1. The van der Waals surface area contributed by atoms with Crippen LogP contribution in [-0.2, 0) is 9.53 Å². The van der Waals surface area contributed by atoms with Crippen molar-refractivity contribution in [2.45, 2.75) is 6.92 Å². The van der Waals surface area contributed by atoms with Gasteiger partial charge in [0.25, 0.3) is 0 Å². The topological polar surface area (TPSA) is 57.1 Å². The van der Waals surface area contributed by atoms with Gasteiger partial charge < -0.3 is 14.2 Å². The average Bonchev–Trinajstić information content (AvgIpc) is 3.01. The number of hydrogen-bond donors (Lipinski definition) is 0. The highest BCUT2D eigenvalue weighted by molar-refractivity contribution is 6.13. The standard InChI is InChI=1S/C21H18FNO4/c1-13(2)12-26-19-15(5-4-6-18(19)25-3)11-17-21(24)27-20(23-17)14-7-9-16(22)10-8-14/h4-11H,1,12H2,2-3H3/b17-11-. The molecular weight excluding hydrogens is 349 g/mol.